The molecule has 0 bridgehead atoms. The third-order valence-corrected chi connectivity index (χ3v) is 3.75. The topological polar surface area (TPSA) is 57.5 Å². The van der Waals surface area contributed by atoms with Crippen LogP contribution >= 0.6 is 0 Å². The summed E-state index contributed by atoms with van der Waals surface area (Å²) in [4.78, 5) is 12.4. The van der Waals surface area contributed by atoms with Gasteiger partial charge >= 0.3 is 0 Å². The van der Waals surface area contributed by atoms with Crippen molar-refractivity contribution in [1.82, 2.24) is 0 Å². The zero-order chi connectivity index (χ0) is 16.2. The normalized spacial score (nSPS) is 10.4. The Labute approximate surface area is 134 Å². The highest BCUT2D eigenvalue weighted by molar-refractivity contribution is 6.11. The Hall–Kier alpha value is -3.07. The summed E-state index contributed by atoms with van der Waals surface area (Å²) in [6, 6.07) is 21.6. The lowest BCUT2D eigenvalue weighted by atomic mass is 9.97. The molecule has 0 aliphatic carbocycles. The standard InChI is InChI=1S/C20H16O3/c21-18(15-9-5-2-6-10-15)17-12-11-16(19(22)20(17)23)13-14-7-3-1-4-8-14/h1-12,22-23H,13H2. The van der Waals surface area contributed by atoms with Crippen molar-refractivity contribution in [3.05, 3.63) is 95.1 Å². The lowest BCUT2D eigenvalue weighted by molar-refractivity contribution is 0.103. The van der Waals surface area contributed by atoms with Gasteiger partial charge in [-0.15, -0.1) is 0 Å². The van der Waals surface area contributed by atoms with E-state index in [1.807, 2.05) is 36.4 Å². The van der Waals surface area contributed by atoms with Crippen molar-refractivity contribution >= 4 is 5.78 Å². The molecular weight excluding hydrogens is 288 g/mol. The molecule has 0 saturated carbocycles. The average Bonchev–Trinajstić information content (AvgIpc) is 2.60. The molecular formula is C20H16O3. The zero-order valence-electron chi connectivity index (χ0n) is 12.4. The van der Waals surface area contributed by atoms with E-state index in [1.54, 1.807) is 36.4 Å². The van der Waals surface area contributed by atoms with E-state index in [4.69, 9.17) is 0 Å². The van der Waals surface area contributed by atoms with Crippen LogP contribution in [0.4, 0.5) is 0 Å². The van der Waals surface area contributed by atoms with Crippen molar-refractivity contribution in [2.75, 3.05) is 0 Å². The molecule has 2 N–H and O–H groups in total. The Morgan fingerprint density at radius 3 is 2.00 bits per heavy atom. The molecule has 3 aromatic carbocycles. The van der Waals surface area contributed by atoms with Crippen molar-refractivity contribution in [2.45, 2.75) is 6.42 Å². The maximum absolute atomic E-state index is 12.4. The fraction of sp³-hybridized carbons (Fsp3) is 0.0500. The van der Waals surface area contributed by atoms with Crippen LogP contribution in [0.1, 0.15) is 27.0 Å². The molecule has 3 rings (SSSR count). The number of ketones is 1. The fourth-order valence-corrected chi connectivity index (χ4v) is 2.51. The van der Waals surface area contributed by atoms with E-state index in [0.717, 1.165) is 5.56 Å². The van der Waals surface area contributed by atoms with Gasteiger partial charge in [0.2, 0.25) is 0 Å². The summed E-state index contributed by atoms with van der Waals surface area (Å²) in [7, 11) is 0. The maximum atomic E-state index is 12.4. The van der Waals surface area contributed by atoms with Gasteiger partial charge in [-0.25, -0.2) is 0 Å². The van der Waals surface area contributed by atoms with Crippen LogP contribution in [0.25, 0.3) is 0 Å². The van der Waals surface area contributed by atoms with Gasteiger partial charge < -0.3 is 10.2 Å². The van der Waals surface area contributed by atoms with E-state index >= 15 is 0 Å². The number of carbonyl (C=O) groups excluding carboxylic acids is 1. The molecule has 0 aromatic heterocycles. The highest BCUT2D eigenvalue weighted by Gasteiger charge is 2.18. The molecule has 0 saturated heterocycles. The van der Waals surface area contributed by atoms with Crippen molar-refractivity contribution in [3.63, 3.8) is 0 Å². The van der Waals surface area contributed by atoms with Crippen LogP contribution in [-0.4, -0.2) is 16.0 Å². The van der Waals surface area contributed by atoms with Crippen molar-refractivity contribution < 1.29 is 15.0 Å². The van der Waals surface area contributed by atoms with Crippen LogP contribution in [-0.2, 0) is 6.42 Å². The number of hydrogen-bond donors (Lipinski definition) is 2. The van der Waals surface area contributed by atoms with E-state index in [2.05, 4.69) is 0 Å². The fourth-order valence-electron chi connectivity index (χ4n) is 2.51. The molecule has 3 heteroatoms. The predicted octanol–water partition coefficient (Wildman–Crippen LogP) is 3.92. The van der Waals surface area contributed by atoms with Gasteiger partial charge in [0, 0.05) is 17.5 Å². The lowest BCUT2D eigenvalue weighted by Crippen LogP contribution is -2.02. The Bertz CT molecular complexity index is 824. The first-order chi connectivity index (χ1) is 11.2. The molecule has 0 radical (unpaired) electrons. The van der Waals surface area contributed by atoms with Crippen LogP contribution in [0, 0.1) is 0 Å². The molecule has 0 atom stereocenters. The first-order valence-electron chi connectivity index (χ1n) is 7.34. The second kappa shape index (κ2) is 6.36. The molecule has 3 aromatic rings. The number of phenolic OH excluding ortho intramolecular Hbond substituents is 2. The Kier molecular flexibility index (Phi) is 4.11. The smallest absolute Gasteiger partial charge is 0.196 e. The van der Waals surface area contributed by atoms with Crippen molar-refractivity contribution in [1.29, 1.82) is 0 Å². The summed E-state index contributed by atoms with van der Waals surface area (Å²) >= 11 is 0. The van der Waals surface area contributed by atoms with E-state index in [0.29, 0.717) is 17.5 Å². The molecule has 0 unspecified atom stereocenters. The summed E-state index contributed by atoms with van der Waals surface area (Å²) in [5.74, 6) is -0.924. The second-order valence-corrected chi connectivity index (χ2v) is 5.33. The lowest BCUT2D eigenvalue weighted by Gasteiger charge is -2.10. The minimum absolute atomic E-state index is 0.102. The molecule has 0 heterocycles. The first-order valence-corrected chi connectivity index (χ1v) is 7.34. The largest absolute Gasteiger partial charge is 0.504 e. The third kappa shape index (κ3) is 3.09. The van der Waals surface area contributed by atoms with Gasteiger partial charge in [0.25, 0.3) is 0 Å². The van der Waals surface area contributed by atoms with E-state index in [1.165, 1.54) is 0 Å². The van der Waals surface area contributed by atoms with Gasteiger partial charge in [-0.2, -0.15) is 0 Å². The first kappa shape index (κ1) is 14.9. The van der Waals surface area contributed by atoms with E-state index < -0.39 is 0 Å². The van der Waals surface area contributed by atoms with Crippen LogP contribution in [0.3, 0.4) is 0 Å². The molecule has 114 valence electrons. The van der Waals surface area contributed by atoms with Gasteiger partial charge in [-0.3, -0.25) is 4.79 Å². The van der Waals surface area contributed by atoms with Gasteiger partial charge in [0.15, 0.2) is 17.3 Å². The van der Waals surface area contributed by atoms with Crippen LogP contribution in [0.15, 0.2) is 72.8 Å². The SMILES string of the molecule is O=C(c1ccccc1)c1ccc(Cc2ccccc2)c(O)c1O. The van der Waals surface area contributed by atoms with Crippen LogP contribution in [0.2, 0.25) is 0 Å². The quantitative estimate of drug-likeness (QED) is 0.567. The predicted molar refractivity (Wildman–Crippen MR) is 88.9 cm³/mol. The maximum Gasteiger partial charge on any atom is 0.196 e. The summed E-state index contributed by atoms with van der Waals surface area (Å²) < 4.78 is 0. The summed E-state index contributed by atoms with van der Waals surface area (Å²) in [6.07, 6.45) is 0.486. The second-order valence-electron chi connectivity index (χ2n) is 5.33. The monoisotopic (exact) mass is 304 g/mol. The van der Waals surface area contributed by atoms with Gasteiger partial charge in [-0.1, -0.05) is 66.7 Å². The molecule has 3 nitrogen and oxygen atoms in total. The minimum Gasteiger partial charge on any atom is -0.504 e. The number of hydrogen-bond acceptors (Lipinski definition) is 3. The molecule has 0 aliphatic heterocycles. The number of phenols is 2. The molecule has 0 fully saturated rings. The third-order valence-electron chi connectivity index (χ3n) is 3.75. The molecule has 0 spiro atoms. The summed E-state index contributed by atoms with van der Waals surface area (Å²) in [5, 5.41) is 20.5. The molecule has 0 amide bonds. The zero-order valence-corrected chi connectivity index (χ0v) is 12.4. The van der Waals surface area contributed by atoms with Gasteiger partial charge in [0.1, 0.15) is 0 Å². The van der Waals surface area contributed by atoms with E-state index in [-0.39, 0.29) is 22.8 Å². The molecule has 0 aliphatic rings. The average molecular weight is 304 g/mol. The minimum atomic E-state index is -0.368. The summed E-state index contributed by atoms with van der Waals surface area (Å²) in [5.41, 5.74) is 2.17. The highest BCUT2D eigenvalue weighted by Crippen LogP contribution is 2.35. The number of benzene rings is 3. The van der Waals surface area contributed by atoms with Crippen molar-refractivity contribution in [2.24, 2.45) is 0 Å². The number of rotatable bonds is 4. The molecule has 23 heavy (non-hydrogen) atoms. The number of aromatic hydroxyl groups is 2. The van der Waals surface area contributed by atoms with Gasteiger partial charge in [0.05, 0.1) is 5.56 Å². The number of carbonyl (C=O) groups is 1. The summed E-state index contributed by atoms with van der Waals surface area (Å²) in [6.45, 7) is 0. The Morgan fingerprint density at radius 2 is 1.35 bits per heavy atom. The van der Waals surface area contributed by atoms with Crippen molar-refractivity contribution in [3.8, 4) is 11.5 Å². The Balaban J connectivity index is 1.93. The van der Waals surface area contributed by atoms with Gasteiger partial charge in [-0.05, 0) is 11.6 Å². The van der Waals surface area contributed by atoms with E-state index in [9.17, 15) is 15.0 Å². The van der Waals surface area contributed by atoms with Crippen LogP contribution < -0.4 is 0 Å². The Morgan fingerprint density at radius 1 is 0.739 bits per heavy atom. The van der Waals surface area contributed by atoms with Crippen LogP contribution in [0.5, 0.6) is 11.5 Å². The highest BCUT2D eigenvalue weighted by atomic mass is 16.3.